The van der Waals surface area contributed by atoms with Gasteiger partial charge in [0.1, 0.15) is 0 Å². The number of carbonyl (C=O) groups is 2. The number of ether oxygens (including phenoxy) is 3. The van der Waals surface area contributed by atoms with Gasteiger partial charge in [-0.1, -0.05) is 12.1 Å². The third kappa shape index (κ3) is 6.27. The van der Waals surface area contributed by atoms with Gasteiger partial charge < -0.3 is 14.2 Å². The Morgan fingerprint density at radius 1 is 1.17 bits per heavy atom. The molecule has 190 valence electrons. The largest absolute Gasteiger partial charge is 0.465 e. The van der Waals surface area contributed by atoms with E-state index in [1.54, 1.807) is 43.5 Å². The maximum Gasteiger partial charge on any atom is 0.314 e. The molecule has 1 saturated carbocycles. The van der Waals surface area contributed by atoms with E-state index in [0.717, 1.165) is 0 Å². The van der Waals surface area contributed by atoms with E-state index < -0.39 is 27.8 Å². The highest BCUT2D eigenvalue weighted by molar-refractivity contribution is 7.92. The maximum atomic E-state index is 13.3. The number of amides is 1. The average molecular weight is 523 g/mol. The molecule has 1 amide bonds. The highest BCUT2D eigenvalue weighted by Gasteiger charge is 2.37. The van der Waals surface area contributed by atoms with Crippen LogP contribution in [0.1, 0.15) is 62.8 Å². The van der Waals surface area contributed by atoms with Crippen molar-refractivity contribution < 1.29 is 32.2 Å². The quantitative estimate of drug-likeness (QED) is 0.470. The summed E-state index contributed by atoms with van der Waals surface area (Å²) in [6, 6.07) is 6.35. The van der Waals surface area contributed by atoms with E-state index in [9.17, 15) is 18.0 Å². The number of nitrogens with one attached hydrogen (secondary N) is 1. The van der Waals surface area contributed by atoms with Crippen molar-refractivity contribution in [2.45, 2.75) is 67.8 Å². The van der Waals surface area contributed by atoms with E-state index in [4.69, 9.17) is 14.2 Å². The third-order valence-corrected chi connectivity index (χ3v) is 9.10. The lowest BCUT2D eigenvalue weighted by atomic mass is 10.1. The van der Waals surface area contributed by atoms with Gasteiger partial charge in [-0.3, -0.25) is 14.9 Å². The molecule has 2 aromatic rings. The van der Waals surface area contributed by atoms with Crippen LogP contribution in [-0.4, -0.2) is 56.5 Å². The van der Waals surface area contributed by atoms with Crippen LogP contribution in [0.25, 0.3) is 0 Å². The molecule has 2 aliphatic rings. The first kappa shape index (κ1) is 25.7. The second kappa shape index (κ2) is 11.2. The average Bonchev–Trinajstić information content (AvgIpc) is 3.63. The van der Waals surface area contributed by atoms with Crippen LogP contribution in [0.15, 0.2) is 34.5 Å². The van der Waals surface area contributed by atoms with Crippen LogP contribution in [-0.2, 0) is 33.6 Å². The van der Waals surface area contributed by atoms with Crippen molar-refractivity contribution >= 4 is 38.2 Å². The first-order valence-electron chi connectivity index (χ1n) is 11.8. The van der Waals surface area contributed by atoms with Gasteiger partial charge in [0.25, 0.3) is 5.91 Å². The Kier molecular flexibility index (Phi) is 8.20. The fraction of sp³-hybridized carbons (Fsp3) is 0.542. The molecule has 4 rings (SSSR count). The molecule has 0 spiro atoms. The Balaban J connectivity index is 1.51. The van der Waals surface area contributed by atoms with E-state index in [0.29, 0.717) is 55.3 Å². The predicted molar refractivity (Wildman–Crippen MR) is 130 cm³/mol. The van der Waals surface area contributed by atoms with Gasteiger partial charge in [0.15, 0.2) is 21.1 Å². The number of nitrogens with zero attached hydrogens (tertiary/aromatic N) is 1. The monoisotopic (exact) mass is 522 g/mol. The molecule has 2 atom stereocenters. The topological polar surface area (TPSA) is 121 Å². The number of hydrogen-bond acceptors (Lipinski definition) is 9. The van der Waals surface area contributed by atoms with Gasteiger partial charge in [0.2, 0.25) is 0 Å². The first-order chi connectivity index (χ1) is 16.8. The minimum Gasteiger partial charge on any atom is -0.465 e. The van der Waals surface area contributed by atoms with Gasteiger partial charge in [0, 0.05) is 18.6 Å². The van der Waals surface area contributed by atoms with Crippen molar-refractivity contribution in [2.75, 3.05) is 25.1 Å². The molecule has 0 bridgehead atoms. The van der Waals surface area contributed by atoms with Crippen LogP contribution in [0.3, 0.4) is 0 Å². The molecule has 1 N–H and O–H groups in total. The van der Waals surface area contributed by atoms with E-state index in [2.05, 4.69) is 10.3 Å². The molecule has 2 fully saturated rings. The highest BCUT2D eigenvalue weighted by Crippen LogP contribution is 2.34. The van der Waals surface area contributed by atoms with Crippen LogP contribution < -0.4 is 5.32 Å². The molecule has 1 aromatic carbocycles. The van der Waals surface area contributed by atoms with Crippen LogP contribution in [0.2, 0.25) is 0 Å². The lowest BCUT2D eigenvalue weighted by Gasteiger charge is -2.27. The second-order valence-corrected chi connectivity index (χ2v) is 11.8. The fourth-order valence-electron chi connectivity index (χ4n) is 3.80. The number of benzene rings is 1. The zero-order valence-corrected chi connectivity index (χ0v) is 21.4. The number of carbonyl (C=O) groups excluding carboxylic acids is 2. The van der Waals surface area contributed by atoms with Crippen LogP contribution in [0, 0.1) is 0 Å². The Morgan fingerprint density at radius 3 is 2.49 bits per heavy atom. The van der Waals surface area contributed by atoms with Gasteiger partial charge in [-0.15, -0.1) is 11.3 Å². The molecule has 1 aliphatic carbocycles. The fourth-order valence-corrected chi connectivity index (χ4v) is 6.26. The van der Waals surface area contributed by atoms with Gasteiger partial charge >= 0.3 is 5.97 Å². The molecular formula is C24H30N2O7S2. The smallest absolute Gasteiger partial charge is 0.314 e. The predicted octanol–water partition coefficient (Wildman–Crippen LogP) is 3.62. The molecule has 11 heteroatoms. The van der Waals surface area contributed by atoms with Crippen molar-refractivity contribution in [3.63, 3.8) is 0 Å². The summed E-state index contributed by atoms with van der Waals surface area (Å²) in [6.07, 6.45) is 1.59. The van der Waals surface area contributed by atoms with Gasteiger partial charge in [-0.05, 0) is 57.2 Å². The minimum atomic E-state index is -3.32. The minimum absolute atomic E-state index is 0.162. The molecule has 0 radical (unpaired) electrons. The summed E-state index contributed by atoms with van der Waals surface area (Å²) >= 11 is 1.21. The summed E-state index contributed by atoms with van der Waals surface area (Å²) in [5.74, 6) is -1.34. The summed E-state index contributed by atoms with van der Waals surface area (Å²) in [7, 11) is -3.32. The number of rotatable bonds is 10. The van der Waals surface area contributed by atoms with Crippen molar-refractivity contribution in [2.24, 2.45) is 0 Å². The van der Waals surface area contributed by atoms with Crippen LogP contribution in [0.4, 0.5) is 5.13 Å². The third-order valence-electron chi connectivity index (χ3n) is 6.05. The summed E-state index contributed by atoms with van der Waals surface area (Å²) in [5, 5.41) is 4.54. The summed E-state index contributed by atoms with van der Waals surface area (Å²) < 4.78 is 41.7. The van der Waals surface area contributed by atoms with E-state index in [1.807, 2.05) is 0 Å². The standard InChI is InChI=1S/C24H30N2O7S2/c1-3-32-23(28)15(2)20-14-34-24(25-20)26-22(27)21(33-17-10-12-31-13-11-17)16-4-6-18(7-5-16)35(29,30)19-8-9-19/h4-7,14-15,17,19,21H,3,8-13H2,1-2H3,(H,25,26,27). The molecule has 1 aliphatic heterocycles. The van der Waals surface area contributed by atoms with Gasteiger partial charge in [-0.25, -0.2) is 13.4 Å². The normalized spacial score (nSPS) is 18.6. The van der Waals surface area contributed by atoms with Crippen molar-refractivity contribution in [3.8, 4) is 0 Å². The molecule has 9 nitrogen and oxygen atoms in total. The number of sulfone groups is 1. The number of hydrogen-bond donors (Lipinski definition) is 1. The molecule has 2 unspecified atom stereocenters. The molecule has 1 aromatic heterocycles. The molecular weight excluding hydrogens is 492 g/mol. The van der Waals surface area contributed by atoms with E-state index in [1.165, 1.54) is 11.3 Å². The van der Waals surface area contributed by atoms with Crippen LogP contribution in [0.5, 0.6) is 0 Å². The summed E-state index contributed by atoms with van der Waals surface area (Å²) in [4.78, 5) is 29.9. The lowest BCUT2D eigenvalue weighted by Crippen LogP contribution is -2.31. The SMILES string of the molecule is CCOC(=O)C(C)c1csc(NC(=O)C(OC2CCOCC2)c2ccc(S(=O)(=O)C3CC3)cc2)n1. The zero-order valence-electron chi connectivity index (χ0n) is 19.8. The van der Waals surface area contributed by atoms with E-state index >= 15 is 0 Å². The summed E-state index contributed by atoms with van der Waals surface area (Å²) in [6.45, 7) is 4.83. The Bertz CT molecular complexity index is 1140. The molecule has 2 heterocycles. The van der Waals surface area contributed by atoms with Crippen molar-refractivity contribution in [1.29, 1.82) is 0 Å². The number of anilines is 1. The zero-order chi connectivity index (χ0) is 25.0. The highest BCUT2D eigenvalue weighted by atomic mass is 32.2. The second-order valence-electron chi connectivity index (χ2n) is 8.68. The van der Waals surface area contributed by atoms with Gasteiger partial charge in [0.05, 0.1) is 34.5 Å². The van der Waals surface area contributed by atoms with Gasteiger partial charge in [-0.2, -0.15) is 0 Å². The lowest BCUT2D eigenvalue weighted by molar-refractivity contribution is -0.144. The summed E-state index contributed by atoms with van der Waals surface area (Å²) in [5.41, 5.74) is 1.07. The van der Waals surface area contributed by atoms with Crippen molar-refractivity contribution in [1.82, 2.24) is 4.98 Å². The number of thiazole rings is 1. The number of aromatic nitrogens is 1. The Hall–Kier alpha value is -2.34. The molecule has 1 saturated heterocycles. The van der Waals surface area contributed by atoms with E-state index in [-0.39, 0.29) is 28.8 Å². The number of esters is 1. The first-order valence-corrected chi connectivity index (χ1v) is 14.2. The molecule has 35 heavy (non-hydrogen) atoms. The van der Waals surface area contributed by atoms with Crippen LogP contribution >= 0.6 is 11.3 Å². The Labute approximate surface area is 209 Å². The maximum absolute atomic E-state index is 13.3. The van der Waals surface area contributed by atoms with Crippen molar-refractivity contribution in [3.05, 3.63) is 40.9 Å². The Morgan fingerprint density at radius 2 is 1.86 bits per heavy atom.